The van der Waals surface area contributed by atoms with E-state index in [0.717, 1.165) is 9.37 Å². The van der Waals surface area contributed by atoms with E-state index in [1.807, 2.05) is 0 Å². The van der Waals surface area contributed by atoms with E-state index in [0.29, 0.717) is 5.69 Å². The van der Waals surface area contributed by atoms with Crippen molar-refractivity contribution < 1.29 is 14.0 Å². The van der Waals surface area contributed by atoms with E-state index in [1.165, 1.54) is 25.1 Å². The number of anilines is 2. The molecule has 6 heteroatoms. The summed E-state index contributed by atoms with van der Waals surface area (Å²) in [7, 11) is 0. The molecule has 0 aliphatic heterocycles. The molecule has 0 bridgehead atoms. The van der Waals surface area contributed by atoms with Gasteiger partial charge >= 0.3 is 0 Å². The van der Waals surface area contributed by atoms with Crippen LogP contribution in [-0.2, 0) is 9.59 Å². The van der Waals surface area contributed by atoms with Crippen molar-refractivity contribution in [2.75, 3.05) is 16.8 Å². The minimum Gasteiger partial charge on any atom is -0.325 e. The number of amides is 2. The number of para-hydroxylation sites is 1. The number of benzene rings is 2. The fourth-order valence-corrected chi connectivity index (χ4v) is 2.18. The van der Waals surface area contributed by atoms with Gasteiger partial charge in [-0.2, -0.15) is 0 Å². The molecule has 2 amide bonds. The summed E-state index contributed by atoms with van der Waals surface area (Å²) in [6.45, 7) is 1.03. The zero-order valence-corrected chi connectivity index (χ0v) is 13.4. The number of hydrogen-bond donors (Lipinski definition) is 1. The van der Waals surface area contributed by atoms with Crippen LogP contribution in [0.1, 0.15) is 6.92 Å². The Kier molecular flexibility index (Phi) is 5.27. The number of nitrogens with zero attached hydrogens (tertiary/aromatic N) is 1. The first-order chi connectivity index (χ1) is 10.5. The lowest BCUT2D eigenvalue weighted by Crippen LogP contribution is -2.37. The average Bonchev–Trinajstić information content (AvgIpc) is 2.48. The van der Waals surface area contributed by atoms with Gasteiger partial charge in [0.05, 0.1) is 5.69 Å². The van der Waals surface area contributed by atoms with Gasteiger partial charge in [0.25, 0.3) is 0 Å². The highest BCUT2D eigenvalue weighted by molar-refractivity contribution is 9.10. The van der Waals surface area contributed by atoms with Crippen molar-refractivity contribution in [3.8, 4) is 0 Å². The molecule has 0 aromatic heterocycles. The number of halogens is 2. The number of hydrogen-bond acceptors (Lipinski definition) is 2. The largest absolute Gasteiger partial charge is 0.325 e. The SMILES string of the molecule is CC(=O)N(CC(=O)Nc1ccc(Br)cc1)c1ccccc1F. The van der Waals surface area contributed by atoms with E-state index < -0.39 is 17.6 Å². The third kappa shape index (κ3) is 4.14. The lowest BCUT2D eigenvalue weighted by Gasteiger charge is -2.21. The molecule has 1 N–H and O–H groups in total. The van der Waals surface area contributed by atoms with Gasteiger partial charge in [-0.3, -0.25) is 9.59 Å². The molecule has 0 saturated heterocycles. The van der Waals surface area contributed by atoms with Crippen molar-refractivity contribution in [3.05, 3.63) is 58.8 Å². The molecule has 0 unspecified atom stereocenters. The second kappa shape index (κ2) is 7.17. The molecule has 0 atom stereocenters. The average molecular weight is 365 g/mol. The van der Waals surface area contributed by atoms with Crippen molar-refractivity contribution >= 4 is 39.1 Å². The summed E-state index contributed by atoms with van der Waals surface area (Å²) in [6.07, 6.45) is 0. The number of rotatable bonds is 4. The van der Waals surface area contributed by atoms with Crippen LogP contribution in [-0.4, -0.2) is 18.4 Å². The number of nitrogens with one attached hydrogen (secondary N) is 1. The Morgan fingerprint density at radius 3 is 2.36 bits per heavy atom. The maximum absolute atomic E-state index is 13.8. The molecular formula is C16H14BrFN2O2. The summed E-state index contributed by atoms with van der Waals surface area (Å²) >= 11 is 3.30. The van der Waals surface area contributed by atoms with Crippen LogP contribution in [0.2, 0.25) is 0 Å². The summed E-state index contributed by atoms with van der Waals surface area (Å²) in [5, 5.41) is 2.67. The van der Waals surface area contributed by atoms with E-state index in [9.17, 15) is 14.0 Å². The molecule has 2 aromatic rings. The molecular weight excluding hydrogens is 351 g/mol. The Morgan fingerprint density at radius 1 is 1.14 bits per heavy atom. The first-order valence-electron chi connectivity index (χ1n) is 6.55. The highest BCUT2D eigenvalue weighted by atomic mass is 79.9. The second-order valence-corrected chi connectivity index (χ2v) is 5.53. The Morgan fingerprint density at radius 2 is 1.77 bits per heavy atom. The van der Waals surface area contributed by atoms with Crippen molar-refractivity contribution in [3.63, 3.8) is 0 Å². The minimum absolute atomic E-state index is 0.0842. The molecule has 114 valence electrons. The molecule has 0 radical (unpaired) electrons. The summed E-state index contributed by atoms with van der Waals surface area (Å²) < 4.78 is 14.7. The van der Waals surface area contributed by atoms with Gasteiger partial charge in [-0.1, -0.05) is 28.1 Å². The predicted octanol–water partition coefficient (Wildman–Crippen LogP) is 3.58. The van der Waals surface area contributed by atoms with E-state index in [1.54, 1.807) is 30.3 Å². The van der Waals surface area contributed by atoms with Crippen LogP contribution in [0.25, 0.3) is 0 Å². The zero-order valence-electron chi connectivity index (χ0n) is 11.8. The van der Waals surface area contributed by atoms with Crippen molar-refractivity contribution in [2.45, 2.75) is 6.92 Å². The molecule has 22 heavy (non-hydrogen) atoms. The van der Waals surface area contributed by atoms with Crippen LogP contribution >= 0.6 is 15.9 Å². The van der Waals surface area contributed by atoms with Crippen molar-refractivity contribution in [2.24, 2.45) is 0 Å². The van der Waals surface area contributed by atoms with Gasteiger partial charge in [-0.15, -0.1) is 0 Å². The number of carbonyl (C=O) groups excluding carboxylic acids is 2. The van der Waals surface area contributed by atoms with Gasteiger partial charge in [-0.25, -0.2) is 4.39 Å². The van der Waals surface area contributed by atoms with Crippen molar-refractivity contribution in [1.29, 1.82) is 0 Å². The summed E-state index contributed by atoms with van der Waals surface area (Å²) in [6, 6.07) is 12.9. The van der Waals surface area contributed by atoms with Crippen LogP contribution in [0.15, 0.2) is 53.0 Å². The smallest absolute Gasteiger partial charge is 0.244 e. The van der Waals surface area contributed by atoms with Gasteiger partial charge in [0.2, 0.25) is 11.8 Å². The van der Waals surface area contributed by atoms with E-state index >= 15 is 0 Å². The van der Waals surface area contributed by atoms with Crippen LogP contribution in [0.4, 0.5) is 15.8 Å². The maximum Gasteiger partial charge on any atom is 0.244 e. The molecule has 0 fully saturated rings. The van der Waals surface area contributed by atoms with E-state index in [-0.39, 0.29) is 12.2 Å². The van der Waals surface area contributed by atoms with Gasteiger partial charge in [-0.05, 0) is 36.4 Å². The molecule has 2 aromatic carbocycles. The van der Waals surface area contributed by atoms with Crippen molar-refractivity contribution in [1.82, 2.24) is 0 Å². The fourth-order valence-electron chi connectivity index (χ4n) is 1.91. The number of carbonyl (C=O) groups is 2. The lowest BCUT2D eigenvalue weighted by atomic mass is 10.2. The molecule has 2 rings (SSSR count). The van der Waals surface area contributed by atoms with Gasteiger partial charge in [0.1, 0.15) is 12.4 Å². The highest BCUT2D eigenvalue weighted by Crippen LogP contribution is 2.19. The Balaban J connectivity index is 2.11. The molecule has 0 spiro atoms. The van der Waals surface area contributed by atoms with Gasteiger partial charge in [0.15, 0.2) is 0 Å². The Labute approximate surface area is 136 Å². The Hall–Kier alpha value is -2.21. The van der Waals surface area contributed by atoms with Crippen LogP contribution < -0.4 is 10.2 Å². The summed E-state index contributed by atoms with van der Waals surface area (Å²) in [4.78, 5) is 24.9. The Bertz CT molecular complexity index is 689. The van der Waals surface area contributed by atoms with Gasteiger partial charge < -0.3 is 10.2 Å². The zero-order chi connectivity index (χ0) is 16.1. The summed E-state index contributed by atoms with van der Waals surface area (Å²) in [5.41, 5.74) is 0.686. The normalized spacial score (nSPS) is 10.1. The molecule has 0 saturated carbocycles. The summed E-state index contributed by atoms with van der Waals surface area (Å²) in [5.74, 6) is -1.36. The topological polar surface area (TPSA) is 49.4 Å². The highest BCUT2D eigenvalue weighted by Gasteiger charge is 2.18. The lowest BCUT2D eigenvalue weighted by molar-refractivity contribution is -0.120. The first kappa shape index (κ1) is 16.2. The first-order valence-corrected chi connectivity index (χ1v) is 7.34. The second-order valence-electron chi connectivity index (χ2n) is 4.61. The minimum atomic E-state index is -0.547. The third-order valence-corrected chi connectivity index (χ3v) is 3.48. The van der Waals surface area contributed by atoms with E-state index in [4.69, 9.17) is 0 Å². The third-order valence-electron chi connectivity index (χ3n) is 2.95. The maximum atomic E-state index is 13.8. The monoisotopic (exact) mass is 364 g/mol. The van der Waals surface area contributed by atoms with Crippen LogP contribution in [0.5, 0.6) is 0 Å². The van der Waals surface area contributed by atoms with Crippen LogP contribution in [0, 0.1) is 5.82 Å². The molecule has 4 nitrogen and oxygen atoms in total. The van der Waals surface area contributed by atoms with Gasteiger partial charge in [0, 0.05) is 17.1 Å². The quantitative estimate of drug-likeness (QED) is 0.901. The van der Waals surface area contributed by atoms with Crippen LogP contribution in [0.3, 0.4) is 0 Å². The molecule has 0 aliphatic rings. The molecule has 0 aliphatic carbocycles. The fraction of sp³-hybridized carbons (Fsp3) is 0.125. The predicted molar refractivity (Wildman–Crippen MR) is 87.2 cm³/mol. The standard InChI is InChI=1S/C16H14BrFN2O2/c1-11(21)20(15-5-3-2-4-14(15)18)10-16(22)19-13-8-6-12(17)7-9-13/h2-9H,10H2,1H3,(H,19,22). The van der Waals surface area contributed by atoms with E-state index in [2.05, 4.69) is 21.2 Å². The molecule has 0 heterocycles.